The Morgan fingerprint density at radius 2 is 1.33 bits per heavy atom. The molecular formula is C26H36N4. The predicted octanol–water partition coefficient (Wildman–Crippen LogP) is 6.55. The van der Waals surface area contributed by atoms with Gasteiger partial charge in [-0.05, 0) is 63.1 Å². The number of anilines is 2. The van der Waals surface area contributed by atoms with Crippen LogP contribution in [0.3, 0.4) is 0 Å². The molecule has 160 valence electrons. The van der Waals surface area contributed by atoms with Gasteiger partial charge in [0.2, 0.25) is 0 Å². The predicted molar refractivity (Wildman–Crippen MR) is 131 cm³/mol. The molecule has 1 aromatic heterocycles. The quantitative estimate of drug-likeness (QED) is 0.363. The second-order valence-electron chi connectivity index (χ2n) is 7.80. The molecule has 0 unspecified atom stereocenters. The van der Waals surface area contributed by atoms with Crippen LogP contribution in [0.4, 0.5) is 11.5 Å². The van der Waals surface area contributed by atoms with E-state index in [1.54, 1.807) is 0 Å². The third-order valence-electron chi connectivity index (χ3n) is 5.70. The molecule has 0 fully saturated rings. The average molecular weight is 405 g/mol. The summed E-state index contributed by atoms with van der Waals surface area (Å²) >= 11 is 0. The third kappa shape index (κ3) is 5.10. The van der Waals surface area contributed by atoms with Crippen molar-refractivity contribution in [3.8, 4) is 11.4 Å². The number of hydrogen-bond acceptors (Lipinski definition) is 4. The van der Waals surface area contributed by atoms with Crippen molar-refractivity contribution < 1.29 is 0 Å². The van der Waals surface area contributed by atoms with Gasteiger partial charge < -0.3 is 9.80 Å². The summed E-state index contributed by atoms with van der Waals surface area (Å²) in [6.45, 7) is 13.0. The van der Waals surface area contributed by atoms with E-state index in [0.717, 1.165) is 54.3 Å². The highest BCUT2D eigenvalue weighted by Gasteiger charge is 2.15. The van der Waals surface area contributed by atoms with Gasteiger partial charge in [-0.2, -0.15) is 0 Å². The highest BCUT2D eigenvalue weighted by molar-refractivity contribution is 5.91. The number of unbranched alkanes of at least 4 members (excludes halogenated alkanes) is 2. The number of rotatable bonds is 11. The molecule has 3 rings (SSSR count). The lowest BCUT2D eigenvalue weighted by Crippen LogP contribution is -2.27. The van der Waals surface area contributed by atoms with Crippen LogP contribution in [0.2, 0.25) is 0 Å². The Balaban J connectivity index is 2.03. The fourth-order valence-corrected chi connectivity index (χ4v) is 3.86. The van der Waals surface area contributed by atoms with Gasteiger partial charge in [0, 0.05) is 42.8 Å². The Bertz CT molecular complexity index is 908. The minimum atomic E-state index is 0.813. The van der Waals surface area contributed by atoms with E-state index in [2.05, 4.69) is 86.0 Å². The summed E-state index contributed by atoms with van der Waals surface area (Å²) in [4.78, 5) is 14.8. The van der Waals surface area contributed by atoms with Gasteiger partial charge in [-0.15, -0.1) is 0 Å². The fraction of sp³-hybridized carbons (Fsp3) is 0.462. The first-order valence-corrected chi connectivity index (χ1v) is 11.6. The van der Waals surface area contributed by atoms with E-state index in [0.29, 0.717) is 0 Å². The smallest absolute Gasteiger partial charge is 0.162 e. The Morgan fingerprint density at radius 1 is 0.700 bits per heavy atom. The first kappa shape index (κ1) is 22.1. The maximum absolute atomic E-state index is 5.09. The Morgan fingerprint density at radius 3 is 1.93 bits per heavy atom. The van der Waals surface area contributed by atoms with E-state index >= 15 is 0 Å². The standard InChI is InChI=1S/C26H36N4/c1-5-9-19-30(20-10-6-2)26-23-13-11-12-14-24(23)27-25(28-26)21-15-17-22(18-16-21)29(7-3)8-4/h11-18H,5-10,19-20H2,1-4H3. The van der Waals surface area contributed by atoms with Crippen LogP contribution in [0.15, 0.2) is 48.5 Å². The van der Waals surface area contributed by atoms with Crippen molar-refractivity contribution in [2.24, 2.45) is 0 Å². The molecule has 0 spiro atoms. The van der Waals surface area contributed by atoms with Crippen LogP contribution in [-0.2, 0) is 0 Å². The minimum absolute atomic E-state index is 0.813. The zero-order valence-electron chi connectivity index (χ0n) is 19.1. The Labute approximate surface area is 182 Å². The van der Waals surface area contributed by atoms with Gasteiger partial charge in [0.25, 0.3) is 0 Å². The molecule has 0 N–H and O–H groups in total. The first-order valence-electron chi connectivity index (χ1n) is 11.6. The molecule has 0 saturated heterocycles. The van der Waals surface area contributed by atoms with Crippen molar-refractivity contribution in [2.45, 2.75) is 53.4 Å². The SMILES string of the molecule is CCCCN(CCCC)c1nc(-c2ccc(N(CC)CC)cc2)nc2ccccc12. The summed E-state index contributed by atoms with van der Waals surface area (Å²) < 4.78 is 0. The lowest BCUT2D eigenvalue weighted by Gasteiger charge is -2.25. The van der Waals surface area contributed by atoms with Gasteiger partial charge in [-0.1, -0.05) is 38.8 Å². The monoisotopic (exact) mass is 404 g/mol. The van der Waals surface area contributed by atoms with Crippen LogP contribution >= 0.6 is 0 Å². The molecule has 0 aliphatic carbocycles. The molecule has 0 aliphatic rings. The zero-order valence-corrected chi connectivity index (χ0v) is 19.1. The number of fused-ring (bicyclic) bond motifs is 1. The molecule has 3 aromatic rings. The molecular weight excluding hydrogens is 368 g/mol. The van der Waals surface area contributed by atoms with Crippen molar-refractivity contribution in [3.05, 3.63) is 48.5 Å². The maximum atomic E-state index is 5.09. The Hall–Kier alpha value is -2.62. The van der Waals surface area contributed by atoms with E-state index in [1.165, 1.54) is 31.4 Å². The molecule has 30 heavy (non-hydrogen) atoms. The second-order valence-corrected chi connectivity index (χ2v) is 7.80. The summed E-state index contributed by atoms with van der Waals surface area (Å²) in [6.07, 6.45) is 4.72. The van der Waals surface area contributed by atoms with Gasteiger partial charge in [0.1, 0.15) is 5.82 Å². The van der Waals surface area contributed by atoms with Crippen LogP contribution in [0.1, 0.15) is 53.4 Å². The molecule has 0 radical (unpaired) electrons. The second kappa shape index (κ2) is 11.0. The number of para-hydroxylation sites is 1. The first-order chi connectivity index (χ1) is 14.7. The van der Waals surface area contributed by atoms with Crippen LogP contribution in [0.5, 0.6) is 0 Å². The van der Waals surface area contributed by atoms with E-state index in [1.807, 2.05) is 0 Å². The van der Waals surface area contributed by atoms with Gasteiger partial charge in [-0.3, -0.25) is 0 Å². The lowest BCUT2D eigenvalue weighted by molar-refractivity contribution is 0.673. The van der Waals surface area contributed by atoms with E-state index < -0.39 is 0 Å². The Kier molecular flexibility index (Phi) is 8.06. The number of aromatic nitrogens is 2. The van der Waals surface area contributed by atoms with E-state index in [9.17, 15) is 0 Å². The van der Waals surface area contributed by atoms with Gasteiger partial charge in [0.15, 0.2) is 5.82 Å². The zero-order chi connectivity index (χ0) is 21.3. The molecule has 2 aromatic carbocycles. The molecule has 0 saturated carbocycles. The van der Waals surface area contributed by atoms with Crippen molar-refractivity contribution in [1.82, 2.24) is 9.97 Å². The number of nitrogens with zero attached hydrogens (tertiary/aromatic N) is 4. The highest BCUT2D eigenvalue weighted by atomic mass is 15.2. The fourth-order valence-electron chi connectivity index (χ4n) is 3.86. The average Bonchev–Trinajstić information content (AvgIpc) is 2.80. The number of benzene rings is 2. The molecule has 0 amide bonds. The van der Waals surface area contributed by atoms with Gasteiger partial charge >= 0.3 is 0 Å². The molecule has 4 heteroatoms. The summed E-state index contributed by atoms with van der Waals surface area (Å²) in [5.74, 6) is 1.89. The summed E-state index contributed by atoms with van der Waals surface area (Å²) in [5, 5.41) is 1.15. The topological polar surface area (TPSA) is 32.3 Å². The highest BCUT2D eigenvalue weighted by Crippen LogP contribution is 2.29. The summed E-state index contributed by atoms with van der Waals surface area (Å²) in [5.41, 5.74) is 3.34. The van der Waals surface area contributed by atoms with E-state index in [-0.39, 0.29) is 0 Å². The van der Waals surface area contributed by atoms with Gasteiger partial charge in [0.05, 0.1) is 5.52 Å². The normalized spacial score (nSPS) is 11.1. The van der Waals surface area contributed by atoms with Crippen LogP contribution < -0.4 is 9.80 Å². The van der Waals surface area contributed by atoms with Crippen molar-refractivity contribution in [2.75, 3.05) is 36.0 Å². The van der Waals surface area contributed by atoms with E-state index in [4.69, 9.17) is 9.97 Å². The third-order valence-corrected chi connectivity index (χ3v) is 5.70. The van der Waals surface area contributed by atoms with Crippen molar-refractivity contribution in [3.63, 3.8) is 0 Å². The molecule has 1 heterocycles. The van der Waals surface area contributed by atoms with Crippen molar-refractivity contribution >= 4 is 22.4 Å². The molecule has 4 nitrogen and oxygen atoms in total. The van der Waals surface area contributed by atoms with Crippen LogP contribution in [0, 0.1) is 0 Å². The largest absolute Gasteiger partial charge is 0.372 e. The summed E-state index contributed by atoms with van der Waals surface area (Å²) in [7, 11) is 0. The molecule has 0 bridgehead atoms. The minimum Gasteiger partial charge on any atom is -0.372 e. The number of hydrogen-bond donors (Lipinski definition) is 0. The van der Waals surface area contributed by atoms with Crippen LogP contribution in [-0.4, -0.2) is 36.1 Å². The summed E-state index contributed by atoms with van der Waals surface area (Å²) in [6, 6.07) is 17.1. The molecule has 0 aliphatic heterocycles. The molecule has 0 atom stereocenters. The van der Waals surface area contributed by atoms with Gasteiger partial charge in [-0.25, -0.2) is 9.97 Å². The van der Waals surface area contributed by atoms with Crippen molar-refractivity contribution in [1.29, 1.82) is 0 Å². The lowest BCUT2D eigenvalue weighted by atomic mass is 10.1. The van der Waals surface area contributed by atoms with Crippen LogP contribution in [0.25, 0.3) is 22.3 Å². The maximum Gasteiger partial charge on any atom is 0.162 e.